The zero-order valence-electron chi connectivity index (χ0n) is 17.0. The van der Waals surface area contributed by atoms with Crippen LogP contribution in [0.2, 0.25) is 0 Å². The summed E-state index contributed by atoms with van der Waals surface area (Å²) in [6, 6.07) is 8.97. The van der Waals surface area contributed by atoms with Crippen molar-refractivity contribution in [1.82, 2.24) is 10.0 Å². The summed E-state index contributed by atoms with van der Waals surface area (Å²) in [5.74, 6) is -3.91. The van der Waals surface area contributed by atoms with E-state index < -0.39 is 34.6 Å². The maximum Gasteiger partial charge on any atom is 0.277 e. The Morgan fingerprint density at radius 2 is 2.06 bits per heavy atom. The third kappa shape index (κ3) is 3.92. The Bertz CT molecular complexity index is 1160. The fraction of sp³-hybridized carbons (Fsp3) is 0.273. The Hall–Kier alpha value is -2.05. The Labute approximate surface area is 205 Å². The first-order chi connectivity index (χ1) is 15.1. The largest absolute Gasteiger partial charge is 0.509 e. The molecular weight excluding hydrogens is 599 g/mol. The summed E-state index contributed by atoms with van der Waals surface area (Å²) < 4.78 is 29.6. The van der Waals surface area contributed by atoms with Crippen LogP contribution in [0, 0.1) is 15.2 Å². The fourth-order valence-electron chi connectivity index (χ4n) is 4.16. The third-order valence-corrected chi connectivity index (χ3v) is 7.23. The molecule has 0 radical (unpaired) electrons. The summed E-state index contributed by atoms with van der Waals surface area (Å²) in [6.45, 7) is 1.90. The van der Waals surface area contributed by atoms with Crippen molar-refractivity contribution in [3.8, 4) is 0 Å². The van der Waals surface area contributed by atoms with Crippen molar-refractivity contribution in [3.63, 3.8) is 0 Å². The molecule has 0 bridgehead atoms. The van der Waals surface area contributed by atoms with E-state index in [-0.39, 0.29) is 17.9 Å². The van der Waals surface area contributed by atoms with Crippen LogP contribution < -0.4 is 5.32 Å². The van der Waals surface area contributed by atoms with Crippen LogP contribution in [-0.4, -0.2) is 39.0 Å². The number of fused-ring (bicyclic) bond motifs is 1. The highest BCUT2D eigenvalue weighted by atomic mass is 127. The number of aliphatic hydroxyl groups is 1. The van der Waals surface area contributed by atoms with Gasteiger partial charge in [0.15, 0.2) is 11.6 Å². The second kappa shape index (κ2) is 8.71. The number of aliphatic hydroxyl groups excluding tert-OH is 1. The van der Waals surface area contributed by atoms with Gasteiger partial charge >= 0.3 is 0 Å². The first-order valence-corrected chi connectivity index (χ1v) is 11.7. The van der Waals surface area contributed by atoms with Crippen LogP contribution in [0.1, 0.15) is 25.3 Å². The predicted octanol–water partition coefficient (Wildman–Crippen LogP) is 4.89. The highest BCUT2D eigenvalue weighted by Gasteiger charge is 2.52. The van der Waals surface area contributed by atoms with E-state index in [1.807, 2.05) is 22.6 Å². The number of benzene rings is 2. The number of nitrogens with zero attached hydrogens (tertiary/aromatic N) is 2. The lowest BCUT2D eigenvalue weighted by atomic mass is 9.90. The summed E-state index contributed by atoms with van der Waals surface area (Å²) in [6.07, 6.45) is 1.16. The monoisotopic (exact) mass is 617 g/mol. The van der Waals surface area contributed by atoms with Gasteiger partial charge in [-0.3, -0.25) is 14.6 Å². The smallest absolute Gasteiger partial charge is 0.277 e. The van der Waals surface area contributed by atoms with Gasteiger partial charge in [-0.05, 0) is 66.6 Å². The third-order valence-electron chi connectivity index (χ3n) is 5.85. The lowest BCUT2D eigenvalue weighted by Gasteiger charge is -2.46. The first kappa shape index (κ1) is 23.1. The number of hydrazine groups is 1. The second-order valence-corrected chi connectivity index (χ2v) is 9.96. The van der Waals surface area contributed by atoms with E-state index in [0.717, 1.165) is 14.1 Å². The molecule has 0 aromatic heterocycles. The van der Waals surface area contributed by atoms with Gasteiger partial charge in [-0.2, -0.15) is 0 Å². The van der Waals surface area contributed by atoms with Crippen molar-refractivity contribution in [1.29, 1.82) is 0 Å². The molecule has 0 unspecified atom stereocenters. The standard InChI is InChI=1S/C22H19BrF2IN3O3/c1-22-8-3-9-29(22)28(11-12-4-2-5-14(24)18(12)25)21(32)17(19(22)30)20(31)27-16-7-6-13(23)10-15(16)26/h2,4-7,10,30H,3,8-9,11H2,1H3,(H,27,31)/t22-/m1/s1. The van der Waals surface area contributed by atoms with Gasteiger partial charge in [0.05, 0.1) is 17.8 Å². The summed E-state index contributed by atoms with van der Waals surface area (Å²) in [5.41, 5.74) is -0.942. The van der Waals surface area contributed by atoms with Gasteiger partial charge in [0.2, 0.25) is 0 Å². The molecule has 2 aliphatic heterocycles. The van der Waals surface area contributed by atoms with Crippen molar-refractivity contribution in [2.24, 2.45) is 0 Å². The molecule has 10 heteroatoms. The highest BCUT2D eigenvalue weighted by molar-refractivity contribution is 14.1. The maximum atomic E-state index is 14.3. The molecule has 4 rings (SSSR count). The number of nitrogens with one attached hydrogen (secondary N) is 1. The van der Waals surface area contributed by atoms with E-state index in [1.54, 1.807) is 30.1 Å². The van der Waals surface area contributed by atoms with Gasteiger partial charge in [-0.15, -0.1) is 0 Å². The van der Waals surface area contributed by atoms with Crippen LogP contribution in [0.25, 0.3) is 0 Å². The van der Waals surface area contributed by atoms with Gasteiger partial charge in [0.25, 0.3) is 11.8 Å². The Morgan fingerprint density at radius 3 is 2.78 bits per heavy atom. The molecule has 1 atom stereocenters. The van der Waals surface area contributed by atoms with Crippen LogP contribution >= 0.6 is 38.5 Å². The van der Waals surface area contributed by atoms with Crippen molar-refractivity contribution in [2.75, 3.05) is 11.9 Å². The molecule has 0 saturated carbocycles. The average molecular weight is 618 g/mol. The fourth-order valence-corrected chi connectivity index (χ4v) is 5.59. The molecule has 0 spiro atoms. The highest BCUT2D eigenvalue weighted by Crippen LogP contribution is 2.42. The number of hydrogen-bond acceptors (Lipinski definition) is 4. The topological polar surface area (TPSA) is 72.9 Å². The number of carbonyl (C=O) groups excluding carboxylic acids is 2. The van der Waals surface area contributed by atoms with Crippen LogP contribution in [0.4, 0.5) is 14.5 Å². The minimum Gasteiger partial charge on any atom is -0.509 e. The summed E-state index contributed by atoms with van der Waals surface area (Å²) >= 11 is 5.41. The molecule has 168 valence electrons. The Kier molecular flexibility index (Phi) is 6.29. The number of rotatable bonds is 4. The molecule has 2 amide bonds. The van der Waals surface area contributed by atoms with Gasteiger partial charge in [-0.1, -0.05) is 28.1 Å². The van der Waals surface area contributed by atoms with E-state index in [4.69, 9.17) is 0 Å². The zero-order chi connectivity index (χ0) is 23.2. The van der Waals surface area contributed by atoms with E-state index >= 15 is 0 Å². The van der Waals surface area contributed by atoms with Crippen molar-refractivity contribution in [3.05, 3.63) is 73.0 Å². The van der Waals surface area contributed by atoms with Crippen LogP contribution in [0.3, 0.4) is 0 Å². The molecule has 6 nitrogen and oxygen atoms in total. The van der Waals surface area contributed by atoms with Gasteiger partial charge in [-0.25, -0.2) is 13.8 Å². The minimum absolute atomic E-state index is 0.0174. The number of hydrogen-bond donors (Lipinski definition) is 2. The quantitative estimate of drug-likeness (QED) is 0.378. The second-order valence-electron chi connectivity index (χ2n) is 7.88. The Balaban J connectivity index is 1.72. The Morgan fingerprint density at radius 1 is 1.31 bits per heavy atom. The normalized spacial score (nSPS) is 21.2. The number of carbonyl (C=O) groups is 2. The van der Waals surface area contributed by atoms with Crippen LogP contribution in [0.15, 0.2) is 52.2 Å². The zero-order valence-corrected chi connectivity index (χ0v) is 20.7. The molecule has 2 aromatic carbocycles. The molecular formula is C22H19BrF2IN3O3. The lowest BCUT2D eigenvalue weighted by Crippen LogP contribution is -2.60. The van der Waals surface area contributed by atoms with Crippen molar-refractivity contribution in [2.45, 2.75) is 31.8 Å². The summed E-state index contributed by atoms with van der Waals surface area (Å²) in [5, 5.41) is 16.5. The van der Waals surface area contributed by atoms with Gasteiger partial charge in [0, 0.05) is 20.2 Å². The van der Waals surface area contributed by atoms with E-state index in [0.29, 0.717) is 25.1 Å². The molecule has 1 saturated heterocycles. The van der Waals surface area contributed by atoms with Crippen LogP contribution in [0.5, 0.6) is 0 Å². The average Bonchev–Trinajstić information content (AvgIpc) is 3.14. The van der Waals surface area contributed by atoms with E-state index in [2.05, 4.69) is 21.2 Å². The van der Waals surface area contributed by atoms with E-state index in [1.165, 1.54) is 17.1 Å². The maximum absolute atomic E-state index is 14.3. The van der Waals surface area contributed by atoms with Crippen molar-refractivity contribution >= 4 is 56.0 Å². The molecule has 2 aromatic rings. The SMILES string of the molecule is C[C@]12CCCN1N(Cc1cccc(F)c1F)C(=O)C(C(=O)Nc1ccc(Br)cc1I)=C2O. The number of halogens is 4. The molecule has 2 N–H and O–H groups in total. The lowest BCUT2D eigenvalue weighted by molar-refractivity contribution is -0.160. The van der Waals surface area contributed by atoms with Gasteiger partial charge in [0.1, 0.15) is 11.3 Å². The predicted molar refractivity (Wildman–Crippen MR) is 126 cm³/mol. The minimum atomic E-state index is -1.05. The van der Waals surface area contributed by atoms with Gasteiger partial charge < -0.3 is 10.4 Å². The molecule has 2 heterocycles. The van der Waals surface area contributed by atoms with E-state index in [9.17, 15) is 23.5 Å². The summed E-state index contributed by atoms with van der Waals surface area (Å²) in [4.78, 5) is 26.5. The molecule has 2 aliphatic rings. The van der Waals surface area contributed by atoms with Crippen LogP contribution in [-0.2, 0) is 16.1 Å². The molecule has 1 fully saturated rings. The number of anilines is 1. The molecule has 0 aliphatic carbocycles. The van der Waals surface area contributed by atoms with Crippen molar-refractivity contribution < 1.29 is 23.5 Å². The first-order valence-electron chi connectivity index (χ1n) is 9.86. The summed E-state index contributed by atoms with van der Waals surface area (Å²) in [7, 11) is 0. The number of amides is 2. The molecule has 32 heavy (non-hydrogen) atoms.